The zero-order valence-corrected chi connectivity index (χ0v) is 15.5. The van der Waals surface area contributed by atoms with Crippen molar-refractivity contribution in [2.45, 2.75) is 13.3 Å². The van der Waals surface area contributed by atoms with E-state index in [0.717, 1.165) is 11.9 Å². The molecule has 0 radical (unpaired) electrons. The van der Waals surface area contributed by atoms with Gasteiger partial charge in [-0.25, -0.2) is 8.42 Å². The number of hydrogen-bond donors (Lipinski definition) is 1. The van der Waals surface area contributed by atoms with Crippen molar-refractivity contribution in [3.63, 3.8) is 0 Å². The van der Waals surface area contributed by atoms with Gasteiger partial charge in [0.1, 0.15) is 5.76 Å². The Labute approximate surface area is 147 Å². The van der Waals surface area contributed by atoms with Crippen molar-refractivity contribution in [1.29, 1.82) is 0 Å². The Bertz CT molecular complexity index is 828. The van der Waals surface area contributed by atoms with Crippen LogP contribution >= 0.6 is 0 Å². The summed E-state index contributed by atoms with van der Waals surface area (Å²) in [6.45, 7) is 1.74. The molecule has 0 fully saturated rings. The minimum Gasteiger partial charge on any atom is -0.378 e. The van der Waals surface area contributed by atoms with Crippen molar-refractivity contribution in [3.8, 4) is 0 Å². The lowest BCUT2D eigenvalue weighted by atomic mass is 10.2. The monoisotopic (exact) mass is 366 g/mol. The van der Waals surface area contributed by atoms with Gasteiger partial charge >= 0.3 is 0 Å². The Morgan fingerprint density at radius 1 is 1.20 bits per heavy atom. The highest BCUT2D eigenvalue weighted by Crippen LogP contribution is 2.22. The fourth-order valence-electron chi connectivity index (χ4n) is 2.24. The van der Waals surface area contributed by atoms with Crippen LogP contribution in [0, 0.1) is 6.92 Å². The van der Waals surface area contributed by atoms with Gasteiger partial charge in [0.2, 0.25) is 15.9 Å². The molecule has 0 saturated carbocycles. The Hall–Kier alpha value is -2.55. The summed E-state index contributed by atoms with van der Waals surface area (Å²) in [7, 11) is 0.294. The second-order valence-electron chi connectivity index (χ2n) is 5.87. The topological polar surface area (TPSA) is 95.8 Å². The Morgan fingerprint density at radius 3 is 2.28 bits per heavy atom. The van der Waals surface area contributed by atoms with Crippen LogP contribution in [-0.4, -0.2) is 46.4 Å². The first-order chi connectivity index (χ1) is 11.7. The van der Waals surface area contributed by atoms with E-state index in [4.69, 9.17) is 4.52 Å². The molecule has 1 N–H and O–H groups in total. The first-order valence-corrected chi connectivity index (χ1v) is 9.50. The third-order valence-corrected chi connectivity index (χ3v) is 4.69. The summed E-state index contributed by atoms with van der Waals surface area (Å²) in [5, 5.41) is 6.25. The largest absolute Gasteiger partial charge is 0.378 e. The fraction of sp³-hybridized carbons (Fsp3) is 0.375. The summed E-state index contributed by atoms with van der Waals surface area (Å²) in [6, 6.07) is 8.67. The van der Waals surface area contributed by atoms with Gasteiger partial charge in [0, 0.05) is 38.8 Å². The lowest BCUT2D eigenvalue weighted by Crippen LogP contribution is -2.33. The van der Waals surface area contributed by atoms with E-state index < -0.39 is 10.0 Å². The zero-order valence-electron chi connectivity index (χ0n) is 14.7. The molecule has 0 saturated heterocycles. The van der Waals surface area contributed by atoms with Crippen LogP contribution < -0.4 is 14.5 Å². The number of anilines is 3. The van der Waals surface area contributed by atoms with Gasteiger partial charge in [0.25, 0.3) is 0 Å². The Kier molecular flexibility index (Phi) is 5.68. The van der Waals surface area contributed by atoms with Crippen LogP contribution in [0.3, 0.4) is 0 Å². The number of aryl methyl sites for hydroxylation is 1. The third-order valence-electron chi connectivity index (χ3n) is 3.49. The summed E-state index contributed by atoms with van der Waals surface area (Å²) in [4.78, 5) is 13.9. The molecule has 1 heterocycles. The number of benzene rings is 1. The lowest BCUT2D eigenvalue weighted by Gasteiger charge is -2.23. The molecule has 25 heavy (non-hydrogen) atoms. The van der Waals surface area contributed by atoms with Gasteiger partial charge in [-0.05, 0) is 31.2 Å². The Balaban J connectivity index is 2.06. The van der Waals surface area contributed by atoms with Crippen LogP contribution in [-0.2, 0) is 14.8 Å². The van der Waals surface area contributed by atoms with Crippen molar-refractivity contribution >= 4 is 33.1 Å². The van der Waals surface area contributed by atoms with Gasteiger partial charge in [-0.2, -0.15) is 0 Å². The van der Waals surface area contributed by atoms with Crippen molar-refractivity contribution < 1.29 is 17.7 Å². The minimum atomic E-state index is -3.51. The molecule has 0 spiro atoms. The predicted octanol–water partition coefficient (Wildman–Crippen LogP) is 1.84. The average Bonchev–Trinajstić information content (AvgIpc) is 2.91. The summed E-state index contributed by atoms with van der Waals surface area (Å²) < 4.78 is 30.2. The van der Waals surface area contributed by atoms with Crippen LogP contribution in [0.1, 0.15) is 12.2 Å². The van der Waals surface area contributed by atoms with Gasteiger partial charge in [-0.15, -0.1) is 0 Å². The highest BCUT2D eigenvalue weighted by molar-refractivity contribution is 7.92. The van der Waals surface area contributed by atoms with Crippen molar-refractivity contribution in [3.05, 3.63) is 36.1 Å². The van der Waals surface area contributed by atoms with E-state index in [9.17, 15) is 13.2 Å². The summed E-state index contributed by atoms with van der Waals surface area (Å²) in [5.41, 5.74) is 1.47. The number of aromatic nitrogens is 1. The van der Waals surface area contributed by atoms with Crippen molar-refractivity contribution in [2.75, 3.05) is 41.4 Å². The number of nitrogens with zero attached hydrogens (tertiary/aromatic N) is 3. The third kappa shape index (κ3) is 5.21. The SMILES string of the molecule is Cc1cc(NC(=O)CCN(c2ccc(N(C)C)cc2)S(C)(=O)=O)no1. The molecule has 0 atom stereocenters. The molecule has 1 amide bonds. The van der Waals surface area contributed by atoms with Gasteiger partial charge in [-0.1, -0.05) is 5.16 Å². The number of amides is 1. The number of nitrogens with one attached hydrogen (secondary N) is 1. The molecular formula is C16H22N4O4S. The molecule has 0 unspecified atom stereocenters. The van der Waals surface area contributed by atoms with E-state index in [2.05, 4.69) is 10.5 Å². The van der Waals surface area contributed by atoms with E-state index in [1.165, 1.54) is 4.31 Å². The number of carbonyl (C=O) groups is 1. The molecule has 8 nitrogen and oxygen atoms in total. The summed E-state index contributed by atoms with van der Waals surface area (Å²) >= 11 is 0. The van der Waals surface area contributed by atoms with Gasteiger partial charge in [-0.3, -0.25) is 9.10 Å². The molecular weight excluding hydrogens is 344 g/mol. The molecule has 0 aliphatic carbocycles. The number of hydrogen-bond acceptors (Lipinski definition) is 6. The molecule has 1 aromatic carbocycles. The molecule has 2 aromatic rings. The standard InChI is InChI=1S/C16H22N4O4S/c1-12-11-15(18-24-12)17-16(21)9-10-20(25(4,22)23)14-7-5-13(6-8-14)19(2)3/h5-8,11H,9-10H2,1-4H3,(H,17,18,21). The van der Waals surface area contributed by atoms with Crippen molar-refractivity contribution in [2.24, 2.45) is 0 Å². The maximum Gasteiger partial charge on any atom is 0.232 e. The smallest absolute Gasteiger partial charge is 0.232 e. The summed E-state index contributed by atoms with van der Waals surface area (Å²) in [6.07, 6.45) is 1.11. The van der Waals surface area contributed by atoms with Crippen LogP contribution in [0.4, 0.5) is 17.2 Å². The zero-order chi connectivity index (χ0) is 18.6. The number of rotatable bonds is 7. The molecule has 0 bridgehead atoms. The van der Waals surface area contributed by atoms with Crippen LogP contribution in [0.2, 0.25) is 0 Å². The Morgan fingerprint density at radius 2 is 1.80 bits per heavy atom. The van der Waals surface area contributed by atoms with E-state index in [1.54, 1.807) is 25.1 Å². The molecule has 1 aromatic heterocycles. The molecule has 0 aliphatic rings. The van der Waals surface area contributed by atoms with Gasteiger partial charge in [0.15, 0.2) is 5.82 Å². The lowest BCUT2D eigenvalue weighted by molar-refractivity contribution is -0.116. The van der Waals surface area contributed by atoms with E-state index in [1.807, 2.05) is 31.1 Å². The molecule has 2 rings (SSSR count). The van der Waals surface area contributed by atoms with Crippen LogP contribution in [0.5, 0.6) is 0 Å². The predicted molar refractivity (Wildman–Crippen MR) is 97.4 cm³/mol. The molecule has 136 valence electrons. The van der Waals surface area contributed by atoms with Crippen LogP contribution in [0.25, 0.3) is 0 Å². The first-order valence-electron chi connectivity index (χ1n) is 7.65. The van der Waals surface area contributed by atoms with Gasteiger partial charge < -0.3 is 14.7 Å². The first kappa shape index (κ1) is 18.8. The summed E-state index contributed by atoms with van der Waals surface area (Å²) in [5.74, 6) is 0.546. The van der Waals surface area contributed by atoms with E-state index >= 15 is 0 Å². The normalized spacial score (nSPS) is 11.2. The quantitative estimate of drug-likeness (QED) is 0.803. The second kappa shape index (κ2) is 7.56. The second-order valence-corrected chi connectivity index (χ2v) is 7.77. The number of carbonyl (C=O) groups excluding carboxylic acids is 1. The maximum atomic E-state index is 12.1. The number of sulfonamides is 1. The van der Waals surface area contributed by atoms with Crippen LogP contribution in [0.15, 0.2) is 34.9 Å². The van der Waals surface area contributed by atoms with E-state index in [-0.39, 0.29) is 18.9 Å². The van der Waals surface area contributed by atoms with Gasteiger partial charge in [0.05, 0.1) is 11.9 Å². The van der Waals surface area contributed by atoms with E-state index in [0.29, 0.717) is 17.3 Å². The maximum absolute atomic E-state index is 12.1. The molecule has 9 heteroatoms. The molecule has 0 aliphatic heterocycles. The minimum absolute atomic E-state index is 0.00555. The average molecular weight is 366 g/mol. The fourth-order valence-corrected chi connectivity index (χ4v) is 3.16. The van der Waals surface area contributed by atoms with Crippen molar-refractivity contribution in [1.82, 2.24) is 5.16 Å². The highest BCUT2D eigenvalue weighted by atomic mass is 32.2. The highest BCUT2D eigenvalue weighted by Gasteiger charge is 2.19.